The van der Waals surface area contributed by atoms with E-state index in [1.807, 2.05) is 30.5 Å². The molecule has 160 valence electrons. The molecule has 1 unspecified atom stereocenters. The SMILES string of the molecule is C=CCN(CC=C)Cc1cn(-c2ccc3c(c2)CN(C2CCC(=O)NC2=O)C3=O)nn1. The van der Waals surface area contributed by atoms with Crippen molar-refractivity contribution in [2.75, 3.05) is 13.1 Å². The molecular formula is C22H24N6O3. The Hall–Kier alpha value is -3.59. The van der Waals surface area contributed by atoms with E-state index in [4.69, 9.17) is 0 Å². The molecule has 2 aliphatic heterocycles. The lowest BCUT2D eigenvalue weighted by molar-refractivity contribution is -0.136. The van der Waals surface area contributed by atoms with E-state index in [1.54, 1.807) is 10.7 Å². The van der Waals surface area contributed by atoms with Gasteiger partial charge in [0.05, 0.1) is 17.6 Å². The number of aromatic nitrogens is 3. The number of piperidine rings is 1. The van der Waals surface area contributed by atoms with Crippen molar-refractivity contribution in [2.24, 2.45) is 0 Å². The topological polar surface area (TPSA) is 100 Å². The van der Waals surface area contributed by atoms with Crippen molar-refractivity contribution >= 4 is 17.7 Å². The van der Waals surface area contributed by atoms with Gasteiger partial charge in [-0.2, -0.15) is 0 Å². The molecule has 9 heteroatoms. The van der Waals surface area contributed by atoms with Gasteiger partial charge in [-0.05, 0) is 30.2 Å². The van der Waals surface area contributed by atoms with Gasteiger partial charge >= 0.3 is 0 Å². The van der Waals surface area contributed by atoms with Gasteiger partial charge in [-0.3, -0.25) is 24.6 Å². The zero-order valence-electron chi connectivity index (χ0n) is 17.2. The van der Waals surface area contributed by atoms with Crippen molar-refractivity contribution in [3.05, 3.63) is 66.5 Å². The maximum Gasteiger partial charge on any atom is 0.255 e. The lowest BCUT2D eigenvalue weighted by Crippen LogP contribution is -2.52. The van der Waals surface area contributed by atoms with E-state index >= 15 is 0 Å². The van der Waals surface area contributed by atoms with Gasteiger partial charge in [0.1, 0.15) is 6.04 Å². The molecule has 0 bridgehead atoms. The Morgan fingerprint density at radius 3 is 2.68 bits per heavy atom. The van der Waals surface area contributed by atoms with Crippen LogP contribution in [0.5, 0.6) is 0 Å². The van der Waals surface area contributed by atoms with Crippen LogP contribution in [-0.4, -0.2) is 61.6 Å². The van der Waals surface area contributed by atoms with E-state index < -0.39 is 11.9 Å². The van der Waals surface area contributed by atoms with Gasteiger partial charge in [0, 0.05) is 38.2 Å². The molecule has 1 aromatic carbocycles. The molecule has 3 heterocycles. The molecule has 9 nitrogen and oxygen atoms in total. The van der Waals surface area contributed by atoms with Crippen LogP contribution in [0.4, 0.5) is 0 Å². The Kier molecular flexibility index (Phi) is 5.77. The van der Waals surface area contributed by atoms with Crippen molar-refractivity contribution in [1.29, 1.82) is 0 Å². The second kappa shape index (κ2) is 8.65. The molecule has 1 N–H and O–H groups in total. The molecule has 1 fully saturated rings. The van der Waals surface area contributed by atoms with Crippen molar-refractivity contribution in [2.45, 2.75) is 32.0 Å². The standard InChI is InChI=1S/C22H24N6O3/c1-3-9-26(10-4-2)13-16-14-28(25-24-16)17-5-6-18-15(11-17)12-27(22(18)31)19-7-8-20(29)23-21(19)30/h3-6,11,14,19H,1-2,7-10,12-13H2,(H,23,29,30). The van der Waals surface area contributed by atoms with Crippen LogP contribution >= 0.6 is 0 Å². The zero-order chi connectivity index (χ0) is 22.0. The van der Waals surface area contributed by atoms with Crippen molar-refractivity contribution in [3.63, 3.8) is 0 Å². The average Bonchev–Trinajstić information content (AvgIpc) is 3.33. The van der Waals surface area contributed by atoms with Crippen molar-refractivity contribution in [3.8, 4) is 5.69 Å². The normalized spacial score (nSPS) is 18.3. The first-order valence-corrected chi connectivity index (χ1v) is 10.1. The van der Waals surface area contributed by atoms with Gasteiger partial charge in [0.15, 0.2) is 0 Å². The highest BCUT2D eigenvalue weighted by atomic mass is 16.2. The third-order valence-electron chi connectivity index (χ3n) is 5.47. The molecule has 1 saturated heterocycles. The predicted molar refractivity (Wildman–Crippen MR) is 113 cm³/mol. The summed E-state index contributed by atoms with van der Waals surface area (Å²) in [6.07, 6.45) is 6.10. The summed E-state index contributed by atoms with van der Waals surface area (Å²) in [5, 5.41) is 10.8. The predicted octanol–water partition coefficient (Wildman–Crippen LogP) is 1.20. The van der Waals surface area contributed by atoms with E-state index in [1.165, 1.54) is 4.90 Å². The molecule has 3 amide bonds. The summed E-state index contributed by atoms with van der Waals surface area (Å²) in [6, 6.07) is 4.83. The molecule has 4 rings (SSSR count). The number of nitrogens with one attached hydrogen (secondary N) is 1. The van der Waals surface area contributed by atoms with Crippen LogP contribution in [0.3, 0.4) is 0 Å². The van der Waals surface area contributed by atoms with Gasteiger partial charge in [-0.1, -0.05) is 17.4 Å². The fourth-order valence-corrected chi connectivity index (χ4v) is 4.00. The third-order valence-corrected chi connectivity index (χ3v) is 5.47. The first-order valence-electron chi connectivity index (χ1n) is 10.1. The van der Waals surface area contributed by atoms with E-state index in [0.29, 0.717) is 25.1 Å². The first-order chi connectivity index (χ1) is 15.0. The molecular weight excluding hydrogens is 396 g/mol. The largest absolute Gasteiger partial charge is 0.322 e. The Balaban J connectivity index is 1.51. The minimum absolute atomic E-state index is 0.195. The maximum atomic E-state index is 12.8. The summed E-state index contributed by atoms with van der Waals surface area (Å²) in [4.78, 5) is 40.1. The number of nitrogens with zero attached hydrogens (tertiary/aromatic N) is 5. The number of imide groups is 1. The number of benzene rings is 1. The quantitative estimate of drug-likeness (QED) is 0.509. The Morgan fingerprint density at radius 2 is 1.97 bits per heavy atom. The Morgan fingerprint density at radius 1 is 1.19 bits per heavy atom. The van der Waals surface area contributed by atoms with E-state index in [9.17, 15) is 14.4 Å². The Labute approximate surface area is 180 Å². The molecule has 0 spiro atoms. The molecule has 0 aliphatic carbocycles. The average molecular weight is 420 g/mol. The molecule has 2 aliphatic rings. The maximum absolute atomic E-state index is 12.8. The summed E-state index contributed by atoms with van der Waals surface area (Å²) < 4.78 is 1.68. The van der Waals surface area contributed by atoms with Crippen LogP contribution in [0.15, 0.2) is 49.7 Å². The number of hydrogen-bond acceptors (Lipinski definition) is 6. The summed E-state index contributed by atoms with van der Waals surface area (Å²) in [6.45, 7) is 9.92. The lowest BCUT2D eigenvalue weighted by Gasteiger charge is -2.29. The van der Waals surface area contributed by atoms with Crippen molar-refractivity contribution < 1.29 is 14.4 Å². The van der Waals surface area contributed by atoms with E-state index in [2.05, 4.69) is 33.7 Å². The van der Waals surface area contributed by atoms with E-state index in [0.717, 1.165) is 30.0 Å². The fraction of sp³-hybridized carbons (Fsp3) is 0.318. The van der Waals surface area contributed by atoms with Crippen LogP contribution in [0.2, 0.25) is 0 Å². The Bertz CT molecular complexity index is 1050. The first kappa shape index (κ1) is 20.7. The monoisotopic (exact) mass is 420 g/mol. The third kappa shape index (κ3) is 4.17. The van der Waals surface area contributed by atoms with Crippen LogP contribution in [0.25, 0.3) is 5.69 Å². The van der Waals surface area contributed by atoms with Gasteiger partial charge in [-0.15, -0.1) is 18.3 Å². The highest BCUT2D eigenvalue weighted by Gasteiger charge is 2.39. The van der Waals surface area contributed by atoms with E-state index in [-0.39, 0.29) is 18.2 Å². The van der Waals surface area contributed by atoms with Gasteiger partial charge in [-0.25, -0.2) is 4.68 Å². The number of hydrogen-bond donors (Lipinski definition) is 1. The summed E-state index contributed by atoms with van der Waals surface area (Å²) in [7, 11) is 0. The summed E-state index contributed by atoms with van der Waals surface area (Å²) >= 11 is 0. The number of carbonyl (C=O) groups is 3. The van der Waals surface area contributed by atoms with Crippen molar-refractivity contribution in [1.82, 2.24) is 30.1 Å². The highest BCUT2D eigenvalue weighted by Crippen LogP contribution is 2.29. The molecule has 0 radical (unpaired) electrons. The van der Waals surface area contributed by atoms with Gasteiger partial charge < -0.3 is 4.90 Å². The van der Waals surface area contributed by atoms with Crippen LogP contribution in [0.1, 0.15) is 34.5 Å². The molecule has 1 atom stereocenters. The highest BCUT2D eigenvalue weighted by molar-refractivity contribution is 6.05. The molecule has 2 aromatic rings. The summed E-state index contributed by atoms with van der Waals surface area (Å²) in [5.74, 6) is -0.906. The number of amides is 3. The van der Waals surface area contributed by atoms with Crippen LogP contribution in [-0.2, 0) is 22.7 Å². The minimum atomic E-state index is -0.625. The number of fused-ring (bicyclic) bond motifs is 1. The zero-order valence-corrected chi connectivity index (χ0v) is 17.2. The molecule has 0 saturated carbocycles. The molecule has 31 heavy (non-hydrogen) atoms. The number of carbonyl (C=O) groups excluding carboxylic acids is 3. The van der Waals surface area contributed by atoms with Gasteiger partial charge in [0.2, 0.25) is 11.8 Å². The van der Waals surface area contributed by atoms with Crippen LogP contribution in [0, 0.1) is 0 Å². The fourth-order valence-electron chi connectivity index (χ4n) is 4.00. The minimum Gasteiger partial charge on any atom is -0.322 e. The smallest absolute Gasteiger partial charge is 0.255 e. The summed E-state index contributed by atoms with van der Waals surface area (Å²) in [5.41, 5.74) is 2.99. The van der Waals surface area contributed by atoms with Crippen LogP contribution < -0.4 is 5.32 Å². The van der Waals surface area contributed by atoms with Gasteiger partial charge in [0.25, 0.3) is 5.91 Å². The second-order valence-electron chi connectivity index (χ2n) is 7.67. The number of rotatable bonds is 8. The molecule has 1 aromatic heterocycles. The lowest BCUT2D eigenvalue weighted by atomic mass is 10.0. The second-order valence-corrected chi connectivity index (χ2v) is 7.67.